The van der Waals surface area contributed by atoms with E-state index in [1.54, 1.807) is 31.2 Å². The van der Waals surface area contributed by atoms with Gasteiger partial charge in [-0.1, -0.05) is 79.0 Å². The Morgan fingerprint density at radius 2 is 1.37 bits per heavy atom. The molecule has 21 N–H and O–H groups in total. The molecule has 704 valence electrons. The molecule has 3 fully saturated rings. The molecule has 18 unspecified atom stereocenters. The lowest BCUT2D eigenvalue weighted by Crippen LogP contribution is -2.65. The number of hydrogen-bond acceptors (Lipinski definition) is 31. The summed E-state index contributed by atoms with van der Waals surface area (Å²) in [5.74, 6) is -17.3. The number of carbonyl (C=O) groups is 10. The lowest BCUT2D eigenvalue weighted by Gasteiger charge is -2.48. The quantitative estimate of drug-likeness (QED) is 0.0315. The largest absolute Gasteiger partial charge is 0.508 e. The zero-order valence-electron chi connectivity index (χ0n) is 71.1. The number of aliphatic hydroxyl groups is 6. The molecular formula is C87H97Cl3N14O28. The van der Waals surface area contributed by atoms with E-state index < -0.39 is 277 Å². The standard InChI is InChI=1S/C87H97Cl3N14O28/c1-38(2)26-51(92-5)78(117)100-69-71(112)42-10-15-55(49(89)28-42)128-57-30-44-31-58(75(57)132-85-76(74(115)73(114)59(36-105)130-85)131-64-35-87(4,77(116)39(3)127-64)93-19-21-104-20-18-61(96-86(104)124)95-62(110)17-8-40-6-12-45(88)13-7-40)129-56-16-11-43(29-50(56)90)72(113)70-83(122)99-68(84(123)102-126-37-63(111)103-22-24-125-25-23-103)48-32-46(106)33-54(108)65(48)47-27-41(9-14-53(47)107)66(80(119)101-70)98-81(120)67(44)97-79(118)52(34-60(91)109)94-82(69)121/h6-18,20,27-33,38-39,51-52,59,64,66-74,76-77,85,92-93,105-108,112-116H,19,21-26,34-37H2,1-5H3,(H2,91,109)(H,94,121)(H,97,118)(H,98,120)(H,99,122)(H,100,117)(H,101,119)(H,102,123)(H,95,96,110,124)/b17-8+. The Hall–Kier alpha value is -12.2. The highest BCUT2D eigenvalue weighted by molar-refractivity contribution is 6.32. The fourth-order valence-electron chi connectivity index (χ4n) is 15.8. The van der Waals surface area contributed by atoms with E-state index in [0.717, 1.165) is 66.7 Å². The molecule has 0 aliphatic carbocycles. The van der Waals surface area contributed by atoms with Crippen LogP contribution < -0.4 is 79.0 Å². The average Bonchev–Trinajstić information content (AvgIpc) is 0.765. The summed E-state index contributed by atoms with van der Waals surface area (Å²) in [5, 5.41) is 130. The van der Waals surface area contributed by atoms with Crippen molar-refractivity contribution in [2.75, 3.05) is 58.4 Å². The Bertz CT molecular complexity index is 5640. The summed E-state index contributed by atoms with van der Waals surface area (Å²) < 4.78 is 46.1. The van der Waals surface area contributed by atoms with Gasteiger partial charge in [0, 0.05) is 72.6 Å². The smallest absolute Gasteiger partial charge is 0.349 e. The summed E-state index contributed by atoms with van der Waals surface area (Å²) in [6.07, 6.45) is -15.6. The van der Waals surface area contributed by atoms with Crippen molar-refractivity contribution in [2.24, 2.45) is 11.7 Å². The Kier molecular flexibility index (Phi) is 31.1. The summed E-state index contributed by atoms with van der Waals surface area (Å²) in [6.45, 7) is 5.49. The molecule has 8 aliphatic heterocycles. The van der Waals surface area contributed by atoms with Gasteiger partial charge >= 0.3 is 5.69 Å². The summed E-state index contributed by atoms with van der Waals surface area (Å²) >= 11 is 20.4. The van der Waals surface area contributed by atoms with Gasteiger partial charge in [-0.05, 0) is 145 Å². The minimum absolute atomic E-state index is 0.0431. The number of benzene rings is 6. The highest BCUT2D eigenvalue weighted by Crippen LogP contribution is 2.50. The molecule has 0 saturated carbocycles. The number of carbonyl (C=O) groups excluding carboxylic acids is 10. The van der Waals surface area contributed by atoms with Gasteiger partial charge in [-0.2, -0.15) is 4.98 Å². The van der Waals surface area contributed by atoms with Gasteiger partial charge in [-0.15, -0.1) is 0 Å². The van der Waals surface area contributed by atoms with Crippen LogP contribution in [0.2, 0.25) is 15.1 Å². The van der Waals surface area contributed by atoms with Crippen molar-refractivity contribution in [3.8, 4) is 57.1 Å². The van der Waals surface area contributed by atoms with Crippen molar-refractivity contribution in [3.63, 3.8) is 0 Å². The number of morpholine rings is 1. The van der Waals surface area contributed by atoms with Crippen LogP contribution in [0.3, 0.4) is 0 Å². The zero-order chi connectivity index (χ0) is 95.0. The molecule has 18 atom stereocenters. The van der Waals surface area contributed by atoms with E-state index in [4.69, 9.17) is 78.5 Å². The maximum Gasteiger partial charge on any atom is 0.349 e. The van der Waals surface area contributed by atoms with Crippen molar-refractivity contribution in [3.05, 3.63) is 180 Å². The van der Waals surface area contributed by atoms with Crippen LogP contribution in [-0.4, -0.2) is 252 Å². The second-order valence-electron chi connectivity index (χ2n) is 32.6. The molecule has 8 aliphatic rings. The minimum atomic E-state index is -2.42. The number of nitrogens with one attached hydrogen (secondary N) is 10. The number of phenols is 3. The maximum atomic E-state index is 16.4. The van der Waals surface area contributed by atoms with Gasteiger partial charge in [0.2, 0.25) is 59.3 Å². The number of hydrogen-bond donors (Lipinski definition) is 20. The number of amides is 10. The van der Waals surface area contributed by atoms with Crippen LogP contribution in [0.25, 0.3) is 17.2 Å². The second kappa shape index (κ2) is 42.1. The van der Waals surface area contributed by atoms with E-state index in [-0.39, 0.29) is 75.1 Å². The average molecular weight is 1890 g/mol. The van der Waals surface area contributed by atoms with Crippen molar-refractivity contribution in [1.29, 1.82) is 0 Å². The number of rotatable bonds is 23. The first-order chi connectivity index (χ1) is 62.8. The molecule has 3 saturated heterocycles. The molecule has 10 amide bonds. The number of likely N-dealkylation sites (N-methyl/N-ethyl adjacent to an activating group) is 1. The number of ether oxygens (including phenoxy) is 7. The number of anilines is 1. The van der Waals surface area contributed by atoms with Crippen LogP contribution in [0, 0.1) is 5.92 Å². The number of fused-ring (bicyclic) bond motifs is 15. The first kappa shape index (κ1) is 97.3. The monoisotopic (exact) mass is 1890 g/mol. The molecule has 45 heteroatoms. The third-order valence-electron chi connectivity index (χ3n) is 22.8. The summed E-state index contributed by atoms with van der Waals surface area (Å²) in [6, 6.07) is 7.07. The van der Waals surface area contributed by atoms with Gasteiger partial charge in [0.05, 0.1) is 54.5 Å². The predicted molar refractivity (Wildman–Crippen MR) is 465 cm³/mol. The molecular weight excluding hydrogens is 1800 g/mol. The third-order valence-corrected chi connectivity index (χ3v) is 23.6. The van der Waals surface area contributed by atoms with Gasteiger partial charge < -0.3 is 138 Å². The summed E-state index contributed by atoms with van der Waals surface area (Å²) in [4.78, 5) is 171. The van der Waals surface area contributed by atoms with E-state index in [1.807, 2.05) is 13.8 Å². The number of nitrogens with two attached hydrogens (primary N) is 1. The number of aliphatic hydroxyl groups excluding tert-OH is 6. The number of phenolic OH excluding ortho intramolecular Hbond substituents is 3. The number of aromatic hydroxyl groups is 3. The van der Waals surface area contributed by atoms with Gasteiger partial charge in [-0.3, -0.25) is 57.4 Å². The lowest BCUT2D eigenvalue weighted by molar-refractivity contribution is -0.334. The normalized spacial score (nSPS) is 25.9. The number of aromatic nitrogens is 2. The molecule has 11 bridgehead atoms. The fraction of sp³-hybridized carbons (Fsp3) is 0.402. The predicted octanol–water partition coefficient (Wildman–Crippen LogP) is 1.12. The second-order valence-corrected chi connectivity index (χ2v) is 33.9. The number of primary amides is 1. The van der Waals surface area contributed by atoms with Crippen LogP contribution in [0.4, 0.5) is 5.82 Å². The Balaban J connectivity index is 0.934. The highest BCUT2D eigenvalue weighted by Gasteiger charge is 2.53. The molecule has 42 nitrogen and oxygen atoms in total. The number of halogens is 3. The molecule has 9 heterocycles. The lowest BCUT2D eigenvalue weighted by atomic mass is 9.85. The van der Waals surface area contributed by atoms with Crippen molar-refractivity contribution < 1.29 is 132 Å². The molecule has 7 aromatic rings. The molecule has 1 aromatic heterocycles. The van der Waals surface area contributed by atoms with Crippen LogP contribution in [0.5, 0.6) is 46.0 Å². The van der Waals surface area contributed by atoms with Gasteiger partial charge in [0.25, 0.3) is 11.8 Å². The van der Waals surface area contributed by atoms with E-state index >= 15 is 24.0 Å². The van der Waals surface area contributed by atoms with E-state index in [2.05, 4.69) is 58.3 Å². The van der Waals surface area contributed by atoms with Crippen LogP contribution in [-0.2, 0) is 78.3 Å². The van der Waals surface area contributed by atoms with Gasteiger partial charge in [0.15, 0.2) is 30.5 Å². The third kappa shape index (κ3) is 22.6. The number of nitrogens with zero attached hydrogens (tertiary/aromatic N) is 3. The van der Waals surface area contributed by atoms with Gasteiger partial charge in [0.1, 0.15) is 101 Å². The molecule has 0 radical (unpaired) electrons. The topological polar surface area (TPSA) is 611 Å². The van der Waals surface area contributed by atoms with Crippen LogP contribution in [0.1, 0.15) is 111 Å². The first-order valence-corrected chi connectivity index (χ1v) is 42.8. The minimum Gasteiger partial charge on any atom is -0.508 e. The zero-order valence-corrected chi connectivity index (χ0v) is 73.4. The van der Waals surface area contributed by atoms with Crippen LogP contribution >= 0.6 is 34.8 Å². The number of hydroxylamine groups is 1. The molecule has 6 aromatic carbocycles. The summed E-state index contributed by atoms with van der Waals surface area (Å²) in [7, 11) is 1.46. The first-order valence-electron chi connectivity index (χ1n) is 41.6. The Labute approximate surface area is 766 Å². The molecule has 15 rings (SSSR count). The molecule has 132 heavy (non-hydrogen) atoms. The van der Waals surface area contributed by atoms with Crippen molar-refractivity contribution in [1.82, 2.24) is 62.5 Å². The molecule has 0 spiro atoms. The summed E-state index contributed by atoms with van der Waals surface area (Å²) in [5.41, 5.74) is 3.43. The van der Waals surface area contributed by atoms with E-state index in [0.29, 0.717) is 10.6 Å². The SMILES string of the molecule is CNC(CC(C)C)C(=O)NC1C(=O)NC(CC(N)=O)C(=O)NC2C(=O)NC3C(=O)NC(C(=O)NC(C(=O)NOCC(=O)N4CCOCC4)c4cc(O)cc(O)c4-c4cc3ccc4O)C(O)c3ccc(c(Cl)c3)Oc3cc2cc(c3OC2OC(CO)C(O)C(O)C2OC2CC(C)(NCCn3ccc(NC(=O)/C=C/c4ccc(Cl)cc4)nc3=O)C(O)C(C)O2)Oc2ccc(cc2Cl)C1O. The Morgan fingerprint density at radius 3 is 2.02 bits per heavy atom. The van der Waals surface area contributed by atoms with Gasteiger partial charge in [-0.25, -0.2) is 10.3 Å². The van der Waals surface area contributed by atoms with E-state index in [9.17, 15) is 74.7 Å². The Morgan fingerprint density at radius 1 is 0.720 bits per heavy atom. The van der Waals surface area contributed by atoms with Crippen LogP contribution in [0.15, 0.2) is 126 Å². The van der Waals surface area contributed by atoms with E-state index in [1.165, 1.54) is 60.0 Å². The fourth-order valence-corrected chi connectivity index (χ4v) is 16.4. The van der Waals surface area contributed by atoms with Crippen molar-refractivity contribution >= 4 is 106 Å². The van der Waals surface area contributed by atoms with Crippen molar-refractivity contribution in [2.45, 2.75) is 163 Å². The maximum absolute atomic E-state index is 16.4. The highest BCUT2D eigenvalue weighted by atomic mass is 35.5.